The van der Waals surface area contributed by atoms with Crippen molar-refractivity contribution in [1.82, 2.24) is 9.62 Å². The van der Waals surface area contributed by atoms with Gasteiger partial charge in [-0.15, -0.1) is 0 Å². The molecule has 1 saturated heterocycles. The molecule has 1 aliphatic heterocycles. The fraction of sp³-hybridized carbons (Fsp3) is 0.391. The van der Waals surface area contributed by atoms with Crippen LogP contribution in [0.5, 0.6) is 0 Å². The molecule has 164 valence electrons. The van der Waals surface area contributed by atoms with Crippen LogP contribution in [0, 0.1) is 0 Å². The fourth-order valence-electron chi connectivity index (χ4n) is 3.62. The number of hydrogen-bond donors (Lipinski definition) is 1. The Hall–Kier alpha value is -2.71. The second-order valence-electron chi connectivity index (χ2n) is 8.01. The number of piperidine rings is 1. The van der Waals surface area contributed by atoms with E-state index in [0.29, 0.717) is 18.7 Å². The molecule has 4 rings (SSSR count). The van der Waals surface area contributed by atoms with E-state index in [4.69, 9.17) is 4.74 Å². The molecule has 1 atom stereocenters. The summed E-state index contributed by atoms with van der Waals surface area (Å²) in [7, 11) is -3.70. The zero-order chi connectivity index (χ0) is 21.8. The molecule has 1 unspecified atom stereocenters. The lowest BCUT2D eigenvalue weighted by Crippen LogP contribution is -2.40. The molecule has 0 spiro atoms. The van der Waals surface area contributed by atoms with Crippen molar-refractivity contribution in [2.24, 2.45) is 0 Å². The molecule has 1 aliphatic carbocycles. The van der Waals surface area contributed by atoms with Gasteiger partial charge in [-0.05, 0) is 50.3 Å². The minimum atomic E-state index is -3.70. The third-order valence-electron chi connectivity index (χ3n) is 5.50. The molecule has 7 nitrogen and oxygen atoms in total. The molecule has 1 saturated carbocycles. The number of esters is 1. The van der Waals surface area contributed by atoms with Crippen LogP contribution in [0.1, 0.15) is 54.1 Å². The first-order valence-electron chi connectivity index (χ1n) is 10.6. The summed E-state index contributed by atoms with van der Waals surface area (Å²) in [6.45, 7) is 1.28. The maximum atomic E-state index is 13.2. The highest BCUT2D eigenvalue weighted by Gasteiger charge is 2.32. The Labute approximate surface area is 182 Å². The van der Waals surface area contributed by atoms with Gasteiger partial charge in [0.1, 0.15) is 0 Å². The standard InChI is InChI=1S/C23H26N2O5S/c26-22(25-14-5-2-6-15-25)21(17-8-3-1-4-9-17)30-23(27)18-10-7-11-20(16-18)31(28,29)24-19-12-13-19/h1,3-4,7-11,16,19,21,24H,2,5-6,12-15H2. The highest BCUT2D eigenvalue weighted by atomic mass is 32.2. The van der Waals surface area contributed by atoms with Crippen molar-refractivity contribution in [2.45, 2.75) is 49.1 Å². The van der Waals surface area contributed by atoms with Crippen molar-refractivity contribution in [1.29, 1.82) is 0 Å². The lowest BCUT2D eigenvalue weighted by atomic mass is 10.1. The van der Waals surface area contributed by atoms with E-state index in [0.717, 1.165) is 32.1 Å². The SMILES string of the molecule is O=C(OC(C(=O)N1CCCCC1)c1ccccc1)c1cccc(S(=O)(=O)NC2CC2)c1. The molecular formula is C23H26N2O5S. The van der Waals surface area contributed by atoms with Crippen molar-refractivity contribution in [3.05, 3.63) is 65.7 Å². The third-order valence-corrected chi connectivity index (χ3v) is 7.02. The van der Waals surface area contributed by atoms with Gasteiger partial charge in [-0.25, -0.2) is 17.9 Å². The number of nitrogens with zero attached hydrogens (tertiary/aromatic N) is 1. The van der Waals surface area contributed by atoms with Crippen LogP contribution in [-0.4, -0.2) is 44.3 Å². The fourth-order valence-corrected chi connectivity index (χ4v) is 4.97. The quantitative estimate of drug-likeness (QED) is 0.666. The Morgan fingerprint density at radius 2 is 1.68 bits per heavy atom. The van der Waals surface area contributed by atoms with Crippen molar-refractivity contribution >= 4 is 21.9 Å². The largest absolute Gasteiger partial charge is 0.444 e. The van der Waals surface area contributed by atoms with Gasteiger partial charge in [0.05, 0.1) is 10.5 Å². The van der Waals surface area contributed by atoms with Gasteiger partial charge < -0.3 is 9.64 Å². The van der Waals surface area contributed by atoms with Crippen LogP contribution in [0.3, 0.4) is 0 Å². The van der Waals surface area contributed by atoms with E-state index < -0.39 is 22.1 Å². The van der Waals surface area contributed by atoms with Gasteiger partial charge in [-0.2, -0.15) is 0 Å². The number of carbonyl (C=O) groups excluding carboxylic acids is 2. The zero-order valence-electron chi connectivity index (χ0n) is 17.2. The summed E-state index contributed by atoms with van der Waals surface area (Å²) in [6.07, 6.45) is 3.49. The van der Waals surface area contributed by atoms with E-state index in [1.807, 2.05) is 6.07 Å². The minimum absolute atomic E-state index is 0.00691. The number of benzene rings is 2. The van der Waals surface area contributed by atoms with Crippen molar-refractivity contribution in [3.8, 4) is 0 Å². The number of hydrogen-bond acceptors (Lipinski definition) is 5. The smallest absolute Gasteiger partial charge is 0.339 e. The summed E-state index contributed by atoms with van der Waals surface area (Å²) in [5.74, 6) is -0.985. The number of nitrogens with one attached hydrogen (secondary N) is 1. The van der Waals surface area contributed by atoms with Gasteiger partial charge in [0.25, 0.3) is 5.91 Å². The van der Waals surface area contributed by atoms with Crippen LogP contribution in [-0.2, 0) is 19.6 Å². The molecule has 1 N–H and O–H groups in total. The molecule has 2 aromatic carbocycles. The number of sulfonamides is 1. The normalized spacial score (nSPS) is 17.7. The van der Waals surface area contributed by atoms with Gasteiger partial charge >= 0.3 is 5.97 Å². The summed E-state index contributed by atoms with van der Waals surface area (Å²) in [5.41, 5.74) is 0.677. The zero-order valence-corrected chi connectivity index (χ0v) is 18.0. The van der Waals surface area contributed by atoms with E-state index in [1.165, 1.54) is 24.3 Å². The first-order chi connectivity index (χ1) is 14.9. The van der Waals surface area contributed by atoms with Crippen molar-refractivity contribution in [2.75, 3.05) is 13.1 Å². The first-order valence-corrected chi connectivity index (χ1v) is 12.1. The minimum Gasteiger partial charge on any atom is -0.444 e. The number of ether oxygens (including phenoxy) is 1. The third kappa shape index (κ3) is 5.32. The Kier molecular flexibility index (Phi) is 6.38. The van der Waals surface area contributed by atoms with Gasteiger partial charge in [-0.3, -0.25) is 4.79 Å². The lowest BCUT2D eigenvalue weighted by Gasteiger charge is -2.30. The molecule has 2 aromatic rings. The summed E-state index contributed by atoms with van der Waals surface area (Å²) in [4.78, 5) is 27.8. The van der Waals surface area contributed by atoms with E-state index in [9.17, 15) is 18.0 Å². The van der Waals surface area contributed by atoms with E-state index in [-0.39, 0.29) is 22.4 Å². The summed E-state index contributed by atoms with van der Waals surface area (Å²) in [6, 6.07) is 14.6. The predicted octanol–water partition coefficient (Wildman–Crippen LogP) is 3.04. The molecular weight excluding hydrogens is 416 g/mol. The summed E-state index contributed by atoms with van der Waals surface area (Å²) >= 11 is 0. The van der Waals surface area contributed by atoms with Crippen LogP contribution in [0.4, 0.5) is 0 Å². The van der Waals surface area contributed by atoms with Crippen LogP contribution in [0.25, 0.3) is 0 Å². The number of rotatable bonds is 7. The average molecular weight is 443 g/mol. The van der Waals surface area contributed by atoms with Crippen LogP contribution in [0.2, 0.25) is 0 Å². The molecule has 2 fully saturated rings. The van der Waals surface area contributed by atoms with Crippen molar-refractivity contribution in [3.63, 3.8) is 0 Å². The molecule has 0 aromatic heterocycles. The van der Waals surface area contributed by atoms with Gasteiger partial charge in [-0.1, -0.05) is 36.4 Å². The second kappa shape index (κ2) is 9.20. The molecule has 1 heterocycles. The van der Waals surface area contributed by atoms with E-state index in [1.54, 1.807) is 29.2 Å². The van der Waals surface area contributed by atoms with Crippen LogP contribution >= 0.6 is 0 Å². The lowest BCUT2D eigenvalue weighted by molar-refractivity contribution is -0.142. The highest BCUT2D eigenvalue weighted by Crippen LogP contribution is 2.25. The number of likely N-dealkylation sites (tertiary alicyclic amines) is 1. The highest BCUT2D eigenvalue weighted by molar-refractivity contribution is 7.89. The van der Waals surface area contributed by atoms with Gasteiger partial charge in [0.15, 0.2) is 0 Å². The molecule has 2 aliphatic rings. The monoisotopic (exact) mass is 442 g/mol. The number of amides is 1. The number of carbonyl (C=O) groups is 2. The molecule has 1 amide bonds. The van der Waals surface area contributed by atoms with E-state index in [2.05, 4.69) is 4.72 Å². The van der Waals surface area contributed by atoms with Crippen LogP contribution < -0.4 is 4.72 Å². The van der Waals surface area contributed by atoms with Crippen LogP contribution in [0.15, 0.2) is 59.5 Å². The molecule has 8 heteroatoms. The average Bonchev–Trinajstić information content (AvgIpc) is 3.61. The molecule has 0 bridgehead atoms. The molecule has 31 heavy (non-hydrogen) atoms. The van der Waals surface area contributed by atoms with Gasteiger partial charge in [0, 0.05) is 24.7 Å². The Morgan fingerprint density at radius 1 is 0.968 bits per heavy atom. The van der Waals surface area contributed by atoms with E-state index >= 15 is 0 Å². The maximum Gasteiger partial charge on any atom is 0.339 e. The Bertz CT molecular complexity index is 1040. The van der Waals surface area contributed by atoms with Gasteiger partial charge in [0.2, 0.25) is 16.1 Å². The molecule has 0 radical (unpaired) electrons. The maximum absolute atomic E-state index is 13.2. The van der Waals surface area contributed by atoms with Crippen molar-refractivity contribution < 1.29 is 22.7 Å². The second-order valence-corrected chi connectivity index (χ2v) is 9.72. The summed E-state index contributed by atoms with van der Waals surface area (Å²) < 4.78 is 33.2. The summed E-state index contributed by atoms with van der Waals surface area (Å²) in [5, 5.41) is 0. The predicted molar refractivity (Wildman–Crippen MR) is 115 cm³/mol. The Morgan fingerprint density at radius 3 is 2.35 bits per heavy atom. The Balaban J connectivity index is 1.56. The first kappa shape index (κ1) is 21.5. The topological polar surface area (TPSA) is 92.8 Å².